The molecule has 0 bridgehead atoms. The highest BCUT2D eigenvalue weighted by atomic mass is 32.1. The van der Waals surface area contributed by atoms with Crippen LogP contribution in [0.25, 0.3) is 10.7 Å². The number of rotatable bonds is 4. The molecule has 1 amide bonds. The van der Waals surface area contributed by atoms with Crippen molar-refractivity contribution in [3.63, 3.8) is 0 Å². The van der Waals surface area contributed by atoms with E-state index < -0.39 is 0 Å². The summed E-state index contributed by atoms with van der Waals surface area (Å²) >= 11 is 1.61. The average molecular weight is 361 g/mol. The Hall–Kier alpha value is -1.77. The first-order chi connectivity index (χ1) is 12.3. The van der Waals surface area contributed by atoms with Gasteiger partial charge in [0.05, 0.1) is 11.4 Å². The van der Waals surface area contributed by atoms with Gasteiger partial charge in [0.2, 0.25) is 17.6 Å². The zero-order valence-electron chi connectivity index (χ0n) is 14.2. The largest absolute Gasteiger partial charge is 0.340 e. The fourth-order valence-electron chi connectivity index (χ4n) is 3.47. The van der Waals surface area contributed by atoms with Crippen molar-refractivity contribution in [2.45, 2.75) is 19.4 Å². The number of carbonyl (C=O) groups is 1. The van der Waals surface area contributed by atoms with Crippen LogP contribution in [0.3, 0.4) is 0 Å². The van der Waals surface area contributed by atoms with Crippen molar-refractivity contribution in [2.75, 3.05) is 39.3 Å². The van der Waals surface area contributed by atoms with E-state index >= 15 is 0 Å². The fourth-order valence-corrected chi connectivity index (χ4v) is 4.12. The smallest absolute Gasteiger partial charge is 0.241 e. The number of nitrogens with one attached hydrogen (secondary N) is 1. The summed E-state index contributed by atoms with van der Waals surface area (Å²) in [5.41, 5.74) is 0. The van der Waals surface area contributed by atoms with E-state index in [0.29, 0.717) is 24.2 Å². The predicted octanol–water partition coefficient (Wildman–Crippen LogP) is 1.44. The van der Waals surface area contributed by atoms with E-state index in [0.717, 1.165) is 57.0 Å². The number of aromatic nitrogens is 2. The number of nitrogens with zero attached hydrogens (tertiary/aromatic N) is 4. The molecular formula is C17H23N5O2S. The Bertz CT molecular complexity index is 688. The molecule has 2 fully saturated rings. The minimum absolute atomic E-state index is 0.206. The third-order valence-corrected chi connectivity index (χ3v) is 5.81. The molecule has 1 N–H and O–H groups in total. The summed E-state index contributed by atoms with van der Waals surface area (Å²) in [7, 11) is 0. The molecule has 25 heavy (non-hydrogen) atoms. The van der Waals surface area contributed by atoms with Gasteiger partial charge in [0.1, 0.15) is 0 Å². The maximum Gasteiger partial charge on any atom is 0.241 e. The monoisotopic (exact) mass is 361 g/mol. The van der Waals surface area contributed by atoms with Crippen LogP contribution in [-0.4, -0.2) is 65.1 Å². The number of amides is 1. The normalized spacial score (nSPS) is 20.1. The topological polar surface area (TPSA) is 74.5 Å². The van der Waals surface area contributed by atoms with Crippen LogP contribution >= 0.6 is 11.3 Å². The molecule has 4 rings (SSSR count). The summed E-state index contributed by atoms with van der Waals surface area (Å²) in [4.78, 5) is 22.4. The first-order valence-corrected chi connectivity index (χ1v) is 9.76. The molecule has 0 saturated carbocycles. The number of carbonyl (C=O) groups excluding carboxylic acids is 1. The Labute approximate surface area is 151 Å². The second-order valence-electron chi connectivity index (χ2n) is 6.61. The van der Waals surface area contributed by atoms with Crippen molar-refractivity contribution in [1.82, 2.24) is 25.3 Å². The lowest BCUT2D eigenvalue weighted by Gasteiger charge is -2.36. The predicted molar refractivity (Wildman–Crippen MR) is 95.1 cm³/mol. The summed E-state index contributed by atoms with van der Waals surface area (Å²) in [6.45, 7) is 5.85. The Balaban J connectivity index is 1.28. The number of piperidine rings is 1. The lowest BCUT2D eigenvalue weighted by molar-refractivity contribution is -0.138. The van der Waals surface area contributed by atoms with Gasteiger partial charge in [-0.05, 0) is 37.4 Å². The van der Waals surface area contributed by atoms with E-state index in [1.807, 2.05) is 22.4 Å². The Kier molecular flexibility index (Phi) is 5.09. The molecule has 0 aromatic carbocycles. The third kappa shape index (κ3) is 3.91. The quantitative estimate of drug-likeness (QED) is 0.888. The summed E-state index contributed by atoms with van der Waals surface area (Å²) < 4.78 is 5.38. The molecule has 0 atom stereocenters. The van der Waals surface area contributed by atoms with Gasteiger partial charge in [-0.1, -0.05) is 11.2 Å². The molecule has 2 saturated heterocycles. The molecule has 2 aromatic rings. The number of thiophene rings is 1. The van der Waals surface area contributed by atoms with E-state index in [9.17, 15) is 4.79 Å². The van der Waals surface area contributed by atoms with Crippen LogP contribution in [0, 0.1) is 5.92 Å². The van der Waals surface area contributed by atoms with Crippen LogP contribution < -0.4 is 5.32 Å². The van der Waals surface area contributed by atoms with Gasteiger partial charge in [0.25, 0.3) is 0 Å². The molecule has 8 heteroatoms. The number of hydrogen-bond donors (Lipinski definition) is 1. The van der Waals surface area contributed by atoms with Crippen molar-refractivity contribution >= 4 is 17.2 Å². The van der Waals surface area contributed by atoms with Gasteiger partial charge in [-0.3, -0.25) is 9.69 Å². The first-order valence-electron chi connectivity index (χ1n) is 8.88. The van der Waals surface area contributed by atoms with Crippen molar-refractivity contribution in [3.05, 3.63) is 23.4 Å². The Morgan fingerprint density at radius 2 is 2.08 bits per heavy atom. The number of piperazine rings is 1. The van der Waals surface area contributed by atoms with E-state index in [4.69, 9.17) is 4.52 Å². The summed E-state index contributed by atoms with van der Waals surface area (Å²) in [5.74, 6) is 1.84. The zero-order valence-corrected chi connectivity index (χ0v) is 15.0. The lowest BCUT2D eigenvalue weighted by Crippen LogP contribution is -2.51. The summed E-state index contributed by atoms with van der Waals surface area (Å²) in [5, 5.41) is 9.38. The SMILES string of the molecule is O=C(C1CCNCC1)N1CCN(Cc2nc(-c3cccs3)no2)CC1. The summed E-state index contributed by atoms with van der Waals surface area (Å²) in [6.07, 6.45) is 1.93. The highest BCUT2D eigenvalue weighted by molar-refractivity contribution is 7.13. The van der Waals surface area contributed by atoms with Crippen LogP contribution in [-0.2, 0) is 11.3 Å². The minimum Gasteiger partial charge on any atom is -0.340 e. The highest BCUT2D eigenvalue weighted by Gasteiger charge is 2.28. The van der Waals surface area contributed by atoms with E-state index in [-0.39, 0.29) is 5.92 Å². The maximum absolute atomic E-state index is 12.6. The summed E-state index contributed by atoms with van der Waals surface area (Å²) in [6, 6.07) is 3.97. The fraction of sp³-hybridized carbons (Fsp3) is 0.588. The number of hydrogen-bond acceptors (Lipinski definition) is 7. The molecule has 0 radical (unpaired) electrons. The zero-order chi connectivity index (χ0) is 17.1. The average Bonchev–Trinajstić information content (AvgIpc) is 3.34. The molecule has 0 aliphatic carbocycles. The molecule has 0 unspecified atom stereocenters. The Morgan fingerprint density at radius 3 is 2.80 bits per heavy atom. The van der Waals surface area contributed by atoms with E-state index in [1.54, 1.807) is 11.3 Å². The molecule has 2 aliphatic rings. The van der Waals surface area contributed by atoms with Gasteiger partial charge in [-0.25, -0.2) is 0 Å². The molecule has 4 heterocycles. The molecule has 2 aromatic heterocycles. The van der Waals surface area contributed by atoms with Crippen LogP contribution in [0.4, 0.5) is 0 Å². The lowest BCUT2D eigenvalue weighted by atomic mass is 9.96. The second kappa shape index (κ2) is 7.63. The van der Waals surface area contributed by atoms with Crippen molar-refractivity contribution < 1.29 is 9.32 Å². The molecule has 7 nitrogen and oxygen atoms in total. The standard InChI is InChI=1S/C17H23N5O2S/c23-17(13-3-5-18-6-4-13)22-9-7-21(8-10-22)12-15-19-16(20-24-15)14-2-1-11-25-14/h1-2,11,13,18H,3-10,12H2. The van der Waals surface area contributed by atoms with Gasteiger partial charge in [-0.15, -0.1) is 11.3 Å². The van der Waals surface area contributed by atoms with Crippen LogP contribution in [0.2, 0.25) is 0 Å². The van der Waals surface area contributed by atoms with E-state index in [1.165, 1.54) is 0 Å². The molecular weight excluding hydrogens is 338 g/mol. The molecule has 0 spiro atoms. The second-order valence-corrected chi connectivity index (χ2v) is 7.56. The van der Waals surface area contributed by atoms with Crippen molar-refractivity contribution in [3.8, 4) is 10.7 Å². The maximum atomic E-state index is 12.6. The Morgan fingerprint density at radius 1 is 1.28 bits per heavy atom. The minimum atomic E-state index is 0.206. The van der Waals surface area contributed by atoms with Crippen LogP contribution in [0.15, 0.2) is 22.0 Å². The van der Waals surface area contributed by atoms with Gasteiger partial charge in [-0.2, -0.15) is 4.98 Å². The first kappa shape index (κ1) is 16.7. The molecule has 134 valence electrons. The highest BCUT2D eigenvalue weighted by Crippen LogP contribution is 2.22. The van der Waals surface area contributed by atoms with Gasteiger partial charge >= 0.3 is 0 Å². The van der Waals surface area contributed by atoms with Gasteiger partial charge < -0.3 is 14.7 Å². The van der Waals surface area contributed by atoms with Crippen LogP contribution in [0.5, 0.6) is 0 Å². The van der Waals surface area contributed by atoms with E-state index in [2.05, 4.69) is 20.4 Å². The van der Waals surface area contributed by atoms with Crippen LogP contribution in [0.1, 0.15) is 18.7 Å². The van der Waals surface area contributed by atoms with Gasteiger partial charge in [0, 0.05) is 32.1 Å². The van der Waals surface area contributed by atoms with Gasteiger partial charge in [0.15, 0.2) is 0 Å². The van der Waals surface area contributed by atoms with Crippen molar-refractivity contribution in [2.24, 2.45) is 5.92 Å². The third-order valence-electron chi connectivity index (χ3n) is 4.94. The van der Waals surface area contributed by atoms with Crippen molar-refractivity contribution in [1.29, 1.82) is 0 Å². The molecule has 2 aliphatic heterocycles.